The van der Waals surface area contributed by atoms with Crippen molar-refractivity contribution in [2.75, 3.05) is 0 Å². The number of nitrogens with zero attached hydrogens (tertiary/aromatic N) is 1. The molecule has 0 bridgehead atoms. The van der Waals surface area contributed by atoms with Gasteiger partial charge in [0.15, 0.2) is 0 Å². The maximum absolute atomic E-state index is 12.1. The van der Waals surface area contributed by atoms with Crippen molar-refractivity contribution in [1.82, 2.24) is 5.43 Å². The van der Waals surface area contributed by atoms with E-state index in [0.717, 1.165) is 5.56 Å². The zero-order valence-electron chi connectivity index (χ0n) is 13.6. The molecule has 0 atom stereocenters. The van der Waals surface area contributed by atoms with Crippen molar-refractivity contribution in [3.05, 3.63) is 80.5 Å². The van der Waals surface area contributed by atoms with E-state index in [0.29, 0.717) is 37.7 Å². The Balaban J connectivity index is 1.70. The average Bonchev–Trinajstić information content (AvgIpc) is 3.03. The van der Waals surface area contributed by atoms with Crippen LogP contribution in [0.25, 0.3) is 11.3 Å². The molecule has 0 aliphatic carbocycles. The molecule has 0 fully saturated rings. The highest BCUT2D eigenvalue weighted by atomic mass is 35.5. The van der Waals surface area contributed by atoms with Crippen LogP contribution in [0.1, 0.15) is 21.7 Å². The van der Waals surface area contributed by atoms with Crippen LogP contribution in [0.3, 0.4) is 0 Å². The Morgan fingerprint density at radius 1 is 1.04 bits per heavy atom. The van der Waals surface area contributed by atoms with Crippen LogP contribution in [0.2, 0.25) is 15.1 Å². The Labute approximate surface area is 165 Å². The number of rotatable bonds is 4. The first kappa shape index (κ1) is 18.5. The molecular weight excluding hydrogens is 395 g/mol. The van der Waals surface area contributed by atoms with E-state index in [1.165, 1.54) is 6.21 Å². The van der Waals surface area contributed by atoms with Gasteiger partial charge >= 0.3 is 0 Å². The van der Waals surface area contributed by atoms with Gasteiger partial charge in [-0.3, -0.25) is 4.79 Å². The van der Waals surface area contributed by atoms with E-state index in [1.54, 1.807) is 48.5 Å². The Morgan fingerprint density at radius 3 is 2.58 bits per heavy atom. The number of furan rings is 1. The second-order valence-electron chi connectivity index (χ2n) is 5.51. The molecule has 1 heterocycles. The maximum Gasteiger partial charge on any atom is 0.272 e. The SMILES string of the molecule is Cc1ccc(C(=O)NN=Cc2ccc(-c3ccc(Cl)cc3Cl)o2)c(Cl)c1. The molecule has 0 saturated heterocycles. The van der Waals surface area contributed by atoms with Crippen LogP contribution < -0.4 is 5.43 Å². The summed E-state index contributed by atoms with van der Waals surface area (Å²) >= 11 is 18.1. The molecule has 0 spiro atoms. The molecule has 3 aromatic rings. The Hall–Kier alpha value is -2.27. The van der Waals surface area contributed by atoms with Crippen LogP contribution >= 0.6 is 34.8 Å². The summed E-state index contributed by atoms with van der Waals surface area (Å²) in [5, 5.41) is 5.29. The molecule has 26 heavy (non-hydrogen) atoms. The van der Waals surface area contributed by atoms with Crippen molar-refractivity contribution in [3.8, 4) is 11.3 Å². The molecule has 132 valence electrons. The number of benzene rings is 2. The van der Waals surface area contributed by atoms with Crippen LogP contribution in [0.4, 0.5) is 0 Å². The van der Waals surface area contributed by atoms with Crippen LogP contribution in [0.5, 0.6) is 0 Å². The molecule has 0 aliphatic rings. The minimum atomic E-state index is -0.404. The largest absolute Gasteiger partial charge is 0.455 e. The van der Waals surface area contributed by atoms with E-state index in [9.17, 15) is 4.79 Å². The Bertz CT molecular complexity index is 996. The molecule has 1 amide bonds. The molecular formula is C19H13Cl3N2O2. The lowest BCUT2D eigenvalue weighted by Crippen LogP contribution is -2.18. The van der Waals surface area contributed by atoms with Gasteiger partial charge in [-0.25, -0.2) is 5.43 Å². The number of hydrazone groups is 1. The van der Waals surface area contributed by atoms with Gasteiger partial charge in [0.25, 0.3) is 5.91 Å². The first-order valence-corrected chi connectivity index (χ1v) is 8.72. The van der Waals surface area contributed by atoms with Crippen LogP contribution in [-0.2, 0) is 0 Å². The minimum Gasteiger partial charge on any atom is -0.455 e. The monoisotopic (exact) mass is 406 g/mol. The first-order valence-electron chi connectivity index (χ1n) is 7.59. The smallest absolute Gasteiger partial charge is 0.272 e. The van der Waals surface area contributed by atoms with E-state index in [4.69, 9.17) is 39.2 Å². The Kier molecular flexibility index (Phi) is 5.67. The fraction of sp³-hybridized carbons (Fsp3) is 0.0526. The molecule has 0 unspecified atom stereocenters. The lowest BCUT2D eigenvalue weighted by atomic mass is 10.1. The molecule has 0 radical (unpaired) electrons. The molecule has 7 heteroatoms. The summed E-state index contributed by atoms with van der Waals surface area (Å²) in [4.78, 5) is 12.1. The van der Waals surface area contributed by atoms with E-state index in [2.05, 4.69) is 10.5 Å². The zero-order chi connectivity index (χ0) is 18.7. The second kappa shape index (κ2) is 7.96. The maximum atomic E-state index is 12.1. The summed E-state index contributed by atoms with van der Waals surface area (Å²) in [6.45, 7) is 1.90. The number of hydrogen-bond donors (Lipinski definition) is 1. The van der Waals surface area contributed by atoms with Gasteiger partial charge in [0, 0.05) is 10.6 Å². The van der Waals surface area contributed by atoms with E-state index in [-0.39, 0.29) is 0 Å². The van der Waals surface area contributed by atoms with Gasteiger partial charge in [-0.15, -0.1) is 0 Å². The number of carbonyl (C=O) groups is 1. The fourth-order valence-corrected chi connectivity index (χ4v) is 3.10. The summed E-state index contributed by atoms with van der Waals surface area (Å²) in [5.41, 5.74) is 4.45. The number of amides is 1. The molecule has 0 saturated carbocycles. The van der Waals surface area contributed by atoms with Gasteiger partial charge in [-0.2, -0.15) is 5.10 Å². The van der Waals surface area contributed by atoms with Gasteiger partial charge in [-0.05, 0) is 55.0 Å². The molecule has 0 aliphatic heterocycles. The number of carbonyl (C=O) groups excluding carboxylic acids is 1. The number of aryl methyl sites for hydroxylation is 1. The quantitative estimate of drug-likeness (QED) is 0.427. The molecule has 1 aromatic heterocycles. The van der Waals surface area contributed by atoms with Gasteiger partial charge in [0.1, 0.15) is 11.5 Å². The summed E-state index contributed by atoms with van der Waals surface area (Å²) < 4.78 is 5.66. The predicted octanol–water partition coefficient (Wildman–Crippen LogP) is 5.98. The predicted molar refractivity (Wildman–Crippen MR) is 105 cm³/mol. The summed E-state index contributed by atoms with van der Waals surface area (Å²) in [7, 11) is 0. The highest BCUT2D eigenvalue weighted by Gasteiger charge is 2.10. The van der Waals surface area contributed by atoms with Crippen LogP contribution in [-0.4, -0.2) is 12.1 Å². The minimum absolute atomic E-state index is 0.350. The van der Waals surface area contributed by atoms with Crippen molar-refractivity contribution in [3.63, 3.8) is 0 Å². The van der Waals surface area contributed by atoms with Crippen LogP contribution in [0, 0.1) is 6.92 Å². The van der Waals surface area contributed by atoms with E-state index in [1.807, 2.05) is 6.92 Å². The standard InChI is InChI=1S/C19H13Cl3N2O2/c1-11-2-5-15(16(21)8-11)19(25)24-23-10-13-4-7-18(26-13)14-6-3-12(20)9-17(14)22/h2-10H,1H3,(H,24,25). The highest BCUT2D eigenvalue weighted by Crippen LogP contribution is 2.31. The zero-order valence-corrected chi connectivity index (χ0v) is 15.9. The lowest BCUT2D eigenvalue weighted by Gasteiger charge is -2.03. The molecule has 3 rings (SSSR count). The van der Waals surface area contributed by atoms with Gasteiger partial charge in [-0.1, -0.05) is 40.9 Å². The highest BCUT2D eigenvalue weighted by molar-refractivity contribution is 6.36. The van der Waals surface area contributed by atoms with Crippen molar-refractivity contribution < 1.29 is 9.21 Å². The second-order valence-corrected chi connectivity index (χ2v) is 6.76. The van der Waals surface area contributed by atoms with Crippen molar-refractivity contribution in [2.24, 2.45) is 5.10 Å². The average molecular weight is 408 g/mol. The first-order chi connectivity index (χ1) is 12.4. The normalized spacial score (nSPS) is 11.1. The Morgan fingerprint density at radius 2 is 1.85 bits per heavy atom. The third kappa shape index (κ3) is 4.28. The van der Waals surface area contributed by atoms with Crippen molar-refractivity contribution in [1.29, 1.82) is 0 Å². The summed E-state index contributed by atoms with van der Waals surface area (Å²) in [6.07, 6.45) is 1.40. The van der Waals surface area contributed by atoms with E-state index < -0.39 is 5.91 Å². The van der Waals surface area contributed by atoms with E-state index >= 15 is 0 Å². The summed E-state index contributed by atoms with van der Waals surface area (Å²) in [5.74, 6) is 0.626. The van der Waals surface area contributed by atoms with Gasteiger partial charge in [0.05, 0.1) is 21.8 Å². The van der Waals surface area contributed by atoms with Gasteiger partial charge < -0.3 is 4.42 Å². The number of halogens is 3. The fourth-order valence-electron chi connectivity index (χ4n) is 2.28. The third-order valence-electron chi connectivity index (χ3n) is 3.55. The van der Waals surface area contributed by atoms with Gasteiger partial charge in [0.2, 0.25) is 0 Å². The van der Waals surface area contributed by atoms with Crippen LogP contribution in [0.15, 0.2) is 58.0 Å². The van der Waals surface area contributed by atoms with Crippen molar-refractivity contribution >= 4 is 46.9 Å². The molecule has 2 aromatic carbocycles. The third-order valence-corrected chi connectivity index (χ3v) is 4.41. The number of nitrogens with one attached hydrogen (secondary N) is 1. The van der Waals surface area contributed by atoms with Crippen molar-refractivity contribution in [2.45, 2.75) is 6.92 Å². The molecule has 4 nitrogen and oxygen atoms in total. The summed E-state index contributed by atoms with van der Waals surface area (Å²) in [6, 6.07) is 13.8. The lowest BCUT2D eigenvalue weighted by molar-refractivity contribution is 0.0955. The molecule has 1 N–H and O–H groups in total. The topological polar surface area (TPSA) is 54.6 Å². The number of hydrogen-bond acceptors (Lipinski definition) is 3.